The van der Waals surface area contributed by atoms with Crippen molar-refractivity contribution in [2.75, 3.05) is 13.2 Å². The number of alkyl carbamates (subject to hydrolysis) is 1. The minimum atomic E-state index is -0.425. The Balaban J connectivity index is 3.56. The molecular weight excluding hydrogens is 182 g/mol. The first kappa shape index (κ1) is 13.2. The summed E-state index contributed by atoms with van der Waals surface area (Å²) >= 11 is 0. The molecule has 0 rings (SSSR count). The van der Waals surface area contributed by atoms with Crippen LogP contribution in [0.2, 0.25) is 0 Å². The highest BCUT2D eigenvalue weighted by Crippen LogP contribution is 1.96. The lowest BCUT2D eigenvalue weighted by molar-refractivity contribution is 0.132. The monoisotopic (exact) mass is 203 g/mol. The minimum Gasteiger partial charge on any atom is -0.450 e. The number of ether oxygens (including phenoxy) is 1. The van der Waals surface area contributed by atoms with Crippen LogP contribution in [0.15, 0.2) is 0 Å². The van der Waals surface area contributed by atoms with Crippen molar-refractivity contribution in [3.8, 4) is 0 Å². The number of aliphatic hydroxyl groups is 1. The normalized spacial score (nSPS) is 12.2. The fraction of sp³-hybridized carbons (Fsp3) is 0.900. The standard InChI is InChI=1S/C10H21NO3/c1-3-5-7-14-10(13)11-9(8-12)6-4-2/h9,12H,3-8H2,1-2H3,(H,11,13). The largest absolute Gasteiger partial charge is 0.450 e. The molecule has 1 amide bonds. The molecule has 2 N–H and O–H groups in total. The molecule has 14 heavy (non-hydrogen) atoms. The van der Waals surface area contributed by atoms with E-state index in [1.165, 1.54) is 0 Å². The second-order valence-corrected chi connectivity index (χ2v) is 3.30. The molecule has 0 heterocycles. The summed E-state index contributed by atoms with van der Waals surface area (Å²) in [5, 5.41) is 11.5. The predicted octanol–water partition coefficient (Wildman–Crippen LogP) is 1.67. The summed E-state index contributed by atoms with van der Waals surface area (Å²) in [6.07, 6.45) is 3.17. The Bertz CT molecular complexity index is 150. The van der Waals surface area contributed by atoms with Crippen molar-refractivity contribution < 1.29 is 14.6 Å². The van der Waals surface area contributed by atoms with Gasteiger partial charge in [-0.05, 0) is 12.8 Å². The molecule has 0 saturated heterocycles. The number of hydrogen-bond donors (Lipinski definition) is 2. The summed E-state index contributed by atoms with van der Waals surface area (Å²) in [5.41, 5.74) is 0. The lowest BCUT2D eigenvalue weighted by Gasteiger charge is -2.14. The van der Waals surface area contributed by atoms with E-state index in [0.29, 0.717) is 6.61 Å². The topological polar surface area (TPSA) is 58.6 Å². The van der Waals surface area contributed by atoms with E-state index in [-0.39, 0.29) is 12.6 Å². The van der Waals surface area contributed by atoms with E-state index in [0.717, 1.165) is 25.7 Å². The van der Waals surface area contributed by atoms with Gasteiger partial charge >= 0.3 is 6.09 Å². The molecule has 1 atom stereocenters. The maximum atomic E-state index is 11.1. The van der Waals surface area contributed by atoms with Gasteiger partial charge in [0.15, 0.2) is 0 Å². The van der Waals surface area contributed by atoms with E-state index in [1.807, 2.05) is 13.8 Å². The van der Waals surface area contributed by atoms with Crippen LogP contribution in [0.3, 0.4) is 0 Å². The molecule has 0 aromatic heterocycles. The van der Waals surface area contributed by atoms with Crippen LogP contribution in [0.1, 0.15) is 39.5 Å². The highest BCUT2D eigenvalue weighted by Gasteiger charge is 2.10. The lowest BCUT2D eigenvalue weighted by atomic mass is 10.2. The van der Waals surface area contributed by atoms with E-state index in [9.17, 15) is 4.79 Å². The molecule has 0 saturated carbocycles. The van der Waals surface area contributed by atoms with Gasteiger partial charge in [-0.25, -0.2) is 4.79 Å². The van der Waals surface area contributed by atoms with E-state index >= 15 is 0 Å². The third-order valence-electron chi connectivity index (χ3n) is 1.91. The van der Waals surface area contributed by atoms with Gasteiger partial charge in [-0.2, -0.15) is 0 Å². The number of rotatable bonds is 7. The van der Waals surface area contributed by atoms with Crippen LogP contribution in [0.5, 0.6) is 0 Å². The zero-order valence-corrected chi connectivity index (χ0v) is 9.08. The van der Waals surface area contributed by atoms with Crippen molar-refractivity contribution >= 4 is 6.09 Å². The first-order valence-electron chi connectivity index (χ1n) is 5.28. The zero-order valence-electron chi connectivity index (χ0n) is 9.08. The summed E-state index contributed by atoms with van der Waals surface area (Å²) in [6, 6.07) is -0.172. The molecule has 0 aliphatic heterocycles. The van der Waals surface area contributed by atoms with Crippen LogP contribution < -0.4 is 5.32 Å². The van der Waals surface area contributed by atoms with Gasteiger partial charge in [-0.3, -0.25) is 0 Å². The Labute approximate surface area is 85.6 Å². The van der Waals surface area contributed by atoms with Gasteiger partial charge in [0.2, 0.25) is 0 Å². The maximum absolute atomic E-state index is 11.1. The number of hydrogen-bond acceptors (Lipinski definition) is 3. The van der Waals surface area contributed by atoms with Gasteiger partial charge in [0.05, 0.1) is 19.3 Å². The van der Waals surface area contributed by atoms with Crippen LogP contribution in [0.25, 0.3) is 0 Å². The van der Waals surface area contributed by atoms with E-state index in [4.69, 9.17) is 9.84 Å². The first-order valence-corrected chi connectivity index (χ1v) is 5.28. The Hall–Kier alpha value is -0.770. The quantitative estimate of drug-likeness (QED) is 0.619. The molecule has 0 spiro atoms. The number of carbonyl (C=O) groups is 1. The van der Waals surface area contributed by atoms with Gasteiger partial charge in [-0.1, -0.05) is 26.7 Å². The predicted molar refractivity (Wildman–Crippen MR) is 55.2 cm³/mol. The molecule has 0 fully saturated rings. The minimum absolute atomic E-state index is 0.0310. The SMILES string of the molecule is CCCCOC(=O)NC(CO)CCC. The van der Waals surface area contributed by atoms with Crippen molar-refractivity contribution in [3.63, 3.8) is 0 Å². The third-order valence-corrected chi connectivity index (χ3v) is 1.91. The fourth-order valence-corrected chi connectivity index (χ4v) is 1.08. The summed E-state index contributed by atoms with van der Waals surface area (Å²) in [5.74, 6) is 0. The molecule has 4 heteroatoms. The number of amides is 1. The zero-order chi connectivity index (χ0) is 10.8. The summed E-state index contributed by atoms with van der Waals surface area (Å²) < 4.78 is 4.90. The molecule has 0 aromatic carbocycles. The van der Waals surface area contributed by atoms with E-state index in [2.05, 4.69) is 5.32 Å². The van der Waals surface area contributed by atoms with Crippen LogP contribution in [-0.2, 0) is 4.74 Å². The fourth-order valence-electron chi connectivity index (χ4n) is 1.08. The van der Waals surface area contributed by atoms with Gasteiger partial charge in [0.25, 0.3) is 0 Å². The molecule has 1 unspecified atom stereocenters. The van der Waals surface area contributed by atoms with Crippen LogP contribution in [-0.4, -0.2) is 30.5 Å². The molecule has 0 bridgehead atoms. The highest BCUT2D eigenvalue weighted by atomic mass is 16.5. The number of carbonyl (C=O) groups excluding carboxylic acids is 1. The second kappa shape index (κ2) is 8.81. The van der Waals surface area contributed by atoms with Gasteiger partial charge in [0, 0.05) is 0 Å². The average Bonchev–Trinajstić information content (AvgIpc) is 2.17. The van der Waals surface area contributed by atoms with Crippen molar-refractivity contribution in [3.05, 3.63) is 0 Å². The van der Waals surface area contributed by atoms with Gasteiger partial charge in [-0.15, -0.1) is 0 Å². The maximum Gasteiger partial charge on any atom is 0.407 e. The molecule has 4 nitrogen and oxygen atoms in total. The third kappa shape index (κ3) is 6.71. The summed E-state index contributed by atoms with van der Waals surface area (Å²) in [7, 11) is 0. The highest BCUT2D eigenvalue weighted by molar-refractivity contribution is 5.67. The Morgan fingerprint density at radius 3 is 2.64 bits per heavy atom. The average molecular weight is 203 g/mol. The summed E-state index contributed by atoms with van der Waals surface area (Å²) in [4.78, 5) is 11.1. The molecule has 0 aromatic rings. The molecule has 0 aliphatic carbocycles. The molecule has 0 radical (unpaired) electrons. The van der Waals surface area contributed by atoms with E-state index < -0.39 is 6.09 Å². The van der Waals surface area contributed by atoms with Crippen molar-refractivity contribution in [2.24, 2.45) is 0 Å². The molecule has 84 valence electrons. The smallest absolute Gasteiger partial charge is 0.407 e. The molecule has 0 aliphatic rings. The van der Waals surface area contributed by atoms with Crippen molar-refractivity contribution in [1.82, 2.24) is 5.32 Å². The first-order chi connectivity index (χ1) is 6.74. The Morgan fingerprint density at radius 2 is 2.14 bits per heavy atom. The van der Waals surface area contributed by atoms with E-state index in [1.54, 1.807) is 0 Å². The van der Waals surface area contributed by atoms with Crippen LogP contribution in [0.4, 0.5) is 4.79 Å². The number of nitrogens with one attached hydrogen (secondary N) is 1. The second-order valence-electron chi connectivity index (χ2n) is 3.30. The molecular formula is C10H21NO3. The Morgan fingerprint density at radius 1 is 1.43 bits per heavy atom. The number of aliphatic hydroxyl groups excluding tert-OH is 1. The van der Waals surface area contributed by atoms with Gasteiger partial charge in [0.1, 0.15) is 0 Å². The Kier molecular flexibility index (Phi) is 8.33. The van der Waals surface area contributed by atoms with Crippen molar-refractivity contribution in [1.29, 1.82) is 0 Å². The summed E-state index contributed by atoms with van der Waals surface area (Å²) in [6.45, 7) is 4.46. The lowest BCUT2D eigenvalue weighted by Crippen LogP contribution is -2.37. The number of unbranched alkanes of at least 4 members (excludes halogenated alkanes) is 1. The van der Waals surface area contributed by atoms with Crippen LogP contribution in [0, 0.1) is 0 Å². The van der Waals surface area contributed by atoms with Crippen molar-refractivity contribution in [2.45, 2.75) is 45.6 Å². The van der Waals surface area contributed by atoms with Gasteiger partial charge < -0.3 is 15.2 Å². The van der Waals surface area contributed by atoms with Crippen LogP contribution >= 0.6 is 0 Å².